The van der Waals surface area contributed by atoms with Crippen molar-refractivity contribution in [3.8, 4) is 11.5 Å². The van der Waals surface area contributed by atoms with E-state index in [4.69, 9.17) is 9.47 Å². The molecule has 6 heteroatoms. The monoisotopic (exact) mass is 343 g/mol. The first-order valence-electron chi connectivity index (χ1n) is 8.51. The molecule has 134 valence electrons. The van der Waals surface area contributed by atoms with Crippen LogP contribution in [0.2, 0.25) is 0 Å². The standard InChI is InChI=1S/C19H25N3O3/c1-21-8-4-5-18(21)19(23)20-14-6-9-22(10-7-14)15-11-16(24-2)13-17(12-15)25-3/h4-5,8,11-14H,6-7,9-10H2,1-3H3,(H,20,23). The van der Waals surface area contributed by atoms with Gasteiger partial charge in [-0.05, 0) is 25.0 Å². The molecular weight excluding hydrogens is 318 g/mol. The Morgan fingerprint density at radius 1 is 1.12 bits per heavy atom. The van der Waals surface area contributed by atoms with Gasteiger partial charge in [-0.15, -0.1) is 0 Å². The summed E-state index contributed by atoms with van der Waals surface area (Å²) >= 11 is 0. The van der Waals surface area contributed by atoms with Crippen LogP contribution in [-0.4, -0.2) is 43.8 Å². The third-order valence-electron chi connectivity index (χ3n) is 4.71. The maximum atomic E-state index is 12.3. The Morgan fingerprint density at radius 3 is 2.28 bits per heavy atom. The Balaban J connectivity index is 1.60. The van der Waals surface area contributed by atoms with Crippen LogP contribution in [0.3, 0.4) is 0 Å². The van der Waals surface area contributed by atoms with Crippen LogP contribution in [-0.2, 0) is 7.05 Å². The van der Waals surface area contributed by atoms with Gasteiger partial charge < -0.3 is 24.3 Å². The smallest absolute Gasteiger partial charge is 0.268 e. The van der Waals surface area contributed by atoms with Gasteiger partial charge >= 0.3 is 0 Å². The molecule has 1 aliphatic rings. The molecule has 0 bridgehead atoms. The minimum atomic E-state index is -0.00556. The minimum absolute atomic E-state index is 0.00556. The molecule has 1 saturated heterocycles. The topological polar surface area (TPSA) is 55.7 Å². The van der Waals surface area contributed by atoms with Crippen molar-refractivity contribution in [2.24, 2.45) is 7.05 Å². The number of hydrogen-bond acceptors (Lipinski definition) is 4. The highest BCUT2D eigenvalue weighted by Gasteiger charge is 2.22. The Hall–Kier alpha value is -2.63. The van der Waals surface area contributed by atoms with Gasteiger partial charge in [-0.1, -0.05) is 0 Å². The summed E-state index contributed by atoms with van der Waals surface area (Å²) in [4.78, 5) is 14.6. The van der Waals surface area contributed by atoms with E-state index in [0.29, 0.717) is 5.69 Å². The van der Waals surface area contributed by atoms with Crippen molar-refractivity contribution in [1.82, 2.24) is 9.88 Å². The Bertz CT molecular complexity index is 711. The molecule has 1 aromatic heterocycles. The van der Waals surface area contributed by atoms with E-state index in [2.05, 4.69) is 10.2 Å². The van der Waals surface area contributed by atoms with Crippen molar-refractivity contribution < 1.29 is 14.3 Å². The zero-order chi connectivity index (χ0) is 17.8. The summed E-state index contributed by atoms with van der Waals surface area (Å²) in [5, 5.41) is 3.14. The van der Waals surface area contributed by atoms with Crippen molar-refractivity contribution in [2.75, 3.05) is 32.2 Å². The van der Waals surface area contributed by atoms with E-state index < -0.39 is 0 Å². The summed E-state index contributed by atoms with van der Waals surface area (Å²) < 4.78 is 12.5. The highest BCUT2D eigenvalue weighted by atomic mass is 16.5. The molecule has 1 aromatic carbocycles. The number of anilines is 1. The fraction of sp³-hybridized carbons (Fsp3) is 0.421. The van der Waals surface area contributed by atoms with Crippen LogP contribution in [0.4, 0.5) is 5.69 Å². The fourth-order valence-corrected chi connectivity index (χ4v) is 3.21. The van der Waals surface area contributed by atoms with Crippen LogP contribution >= 0.6 is 0 Å². The zero-order valence-electron chi connectivity index (χ0n) is 15.0. The molecule has 25 heavy (non-hydrogen) atoms. The molecule has 1 aliphatic heterocycles. The number of methoxy groups -OCH3 is 2. The number of carbonyl (C=O) groups excluding carboxylic acids is 1. The molecule has 1 amide bonds. The van der Waals surface area contributed by atoms with Crippen molar-refractivity contribution in [3.05, 3.63) is 42.2 Å². The number of hydrogen-bond donors (Lipinski definition) is 1. The second-order valence-corrected chi connectivity index (χ2v) is 6.31. The van der Waals surface area contributed by atoms with Crippen LogP contribution in [0.5, 0.6) is 11.5 Å². The van der Waals surface area contributed by atoms with E-state index in [1.165, 1.54) is 0 Å². The average molecular weight is 343 g/mol. The number of amides is 1. The first-order chi connectivity index (χ1) is 12.1. The quantitative estimate of drug-likeness (QED) is 0.906. The van der Waals surface area contributed by atoms with Crippen molar-refractivity contribution in [1.29, 1.82) is 0 Å². The number of ether oxygens (including phenoxy) is 2. The van der Waals surface area contributed by atoms with Gasteiger partial charge in [0.2, 0.25) is 0 Å². The van der Waals surface area contributed by atoms with Crippen LogP contribution in [0.15, 0.2) is 36.5 Å². The summed E-state index contributed by atoms with van der Waals surface area (Å²) in [6, 6.07) is 9.83. The molecular formula is C19H25N3O3. The van der Waals surface area contributed by atoms with Gasteiger partial charge in [0.15, 0.2) is 0 Å². The Morgan fingerprint density at radius 2 is 1.76 bits per heavy atom. The molecule has 1 fully saturated rings. The van der Waals surface area contributed by atoms with Crippen LogP contribution < -0.4 is 19.7 Å². The van der Waals surface area contributed by atoms with Gasteiger partial charge in [-0.3, -0.25) is 4.79 Å². The van der Waals surface area contributed by atoms with Crippen LogP contribution in [0.1, 0.15) is 23.3 Å². The number of rotatable bonds is 5. The molecule has 1 N–H and O–H groups in total. The molecule has 0 atom stereocenters. The normalized spacial score (nSPS) is 15.1. The lowest BCUT2D eigenvalue weighted by molar-refractivity contribution is 0.0923. The molecule has 0 aliphatic carbocycles. The molecule has 0 spiro atoms. The number of nitrogens with zero attached hydrogens (tertiary/aromatic N) is 2. The number of aromatic nitrogens is 1. The summed E-state index contributed by atoms with van der Waals surface area (Å²) in [6.45, 7) is 1.77. The summed E-state index contributed by atoms with van der Waals surface area (Å²) in [5.41, 5.74) is 1.78. The second-order valence-electron chi connectivity index (χ2n) is 6.31. The number of piperidine rings is 1. The lowest BCUT2D eigenvalue weighted by Crippen LogP contribution is -2.45. The van der Waals surface area contributed by atoms with Crippen molar-refractivity contribution in [2.45, 2.75) is 18.9 Å². The summed E-state index contributed by atoms with van der Waals surface area (Å²) in [6.07, 6.45) is 3.71. The molecule has 6 nitrogen and oxygen atoms in total. The number of aryl methyl sites for hydroxylation is 1. The van der Waals surface area contributed by atoms with Crippen LogP contribution in [0, 0.1) is 0 Å². The molecule has 0 saturated carbocycles. The Labute approximate surface area is 148 Å². The van der Waals surface area contributed by atoms with Gasteiger partial charge in [-0.2, -0.15) is 0 Å². The van der Waals surface area contributed by atoms with E-state index in [1.807, 2.05) is 48.1 Å². The number of benzene rings is 1. The first-order valence-corrected chi connectivity index (χ1v) is 8.51. The lowest BCUT2D eigenvalue weighted by Gasteiger charge is -2.34. The molecule has 2 heterocycles. The maximum Gasteiger partial charge on any atom is 0.268 e. The summed E-state index contributed by atoms with van der Waals surface area (Å²) in [7, 11) is 5.20. The largest absolute Gasteiger partial charge is 0.497 e. The third kappa shape index (κ3) is 3.90. The fourth-order valence-electron chi connectivity index (χ4n) is 3.21. The predicted molar refractivity (Wildman–Crippen MR) is 97.7 cm³/mol. The third-order valence-corrected chi connectivity index (χ3v) is 4.71. The average Bonchev–Trinajstić information content (AvgIpc) is 3.08. The van der Waals surface area contributed by atoms with E-state index in [9.17, 15) is 4.79 Å². The molecule has 0 radical (unpaired) electrons. The second kappa shape index (κ2) is 7.51. The van der Waals surface area contributed by atoms with Crippen molar-refractivity contribution in [3.63, 3.8) is 0 Å². The van der Waals surface area contributed by atoms with Crippen LogP contribution in [0.25, 0.3) is 0 Å². The van der Waals surface area contributed by atoms with E-state index >= 15 is 0 Å². The van der Waals surface area contributed by atoms with Gasteiger partial charge in [0.05, 0.1) is 14.2 Å². The minimum Gasteiger partial charge on any atom is -0.497 e. The molecule has 3 rings (SSSR count). The van der Waals surface area contributed by atoms with E-state index in [1.54, 1.807) is 14.2 Å². The molecule has 0 unspecified atom stereocenters. The predicted octanol–water partition coefficient (Wildman–Crippen LogP) is 2.44. The highest BCUT2D eigenvalue weighted by Crippen LogP contribution is 2.30. The number of nitrogens with one attached hydrogen (secondary N) is 1. The zero-order valence-corrected chi connectivity index (χ0v) is 15.0. The van der Waals surface area contributed by atoms with E-state index in [0.717, 1.165) is 43.1 Å². The van der Waals surface area contributed by atoms with Gasteiger partial charge in [0.1, 0.15) is 17.2 Å². The molecule has 2 aromatic rings. The van der Waals surface area contributed by atoms with E-state index in [-0.39, 0.29) is 11.9 Å². The number of carbonyl (C=O) groups is 1. The SMILES string of the molecule is COc1cc(OC)cc(N2CCC(NC(=O)c3cccn3C)CC2)c1. The lowest BCUT2D eigenvalue weighted by atomic mass is 10.0. The Kier molecular flexibility index (Phi) is 5.16. The summed E-state index contributed by atoms with van der Waals surface area (Å²) in [5.74, 6) is 1.57. The van der Waals surface area contributed by atoms with Gasteiger partial charge in [0, 0.05) is 56.3 Å². The van der Waals surface area contributed by atoms with Crippen molar-refractivity contribution >= 4 is 11.6 Å². The first kappa shape index (κ1) is 17.2. The maximum absolute atomic E-state index is 12.3. The van der Waals surface area contributed by atoms with Gasteiger partial charge in [-0.25, -0.2) is 0 Å². The van der Waals surface area contributed by atoms with Gasteiger partial charge in [0.25, 0.3) is 5.91 Å². The highest BCUT2D eigenvalue weighted by molar-refractivity contribution is 5.92.